The molecule has 0 aromatic carbocycles. The molecule has 13 nitrogen and oxygen atoms in total. The Morgan fingerprint density at radius 2 is 0.800 bits per heavy atom. The molecule has 1 unspecified atom stereocenters. The smallest absolute Gasteiger partial charge is 0.465 e. The first-order chi connectivity index (χ1) is 31.7. The molecule has 0 aromatic heterocycles. The van der Waals surface area contributed by atoms with Crippen molar-refractivity contribution in [2.45, 2.75) is 232 Å². The monoisotopic (exact) mass is 926 g/mol. The fourth-order valence-electron chi connectivity index (χ4n) is 7.89. The van der Waals surface area contributed by atoms with Gasteiger partial charge in [-0.25, -0.2) is 4.79 Å². The maximum atomic E-state index is 13.0. The minimum Gasteiger partial charge on any atom is -0.465 e. The van der Waals surface area contributed by atoms with Crippen molar-refractivity contribution < 1.29 is 57.5 Å². The Labute approximate surface area is 394 Å². The van der Waals surface area contributed by atoms with Crippen molar-refractivity contribution in [3.63, 3.8) is 0 Å². The first kappa shape index (κ1) is 60.1. The highest BCUT2D eigenvalue weighted by Gasteiger charge is 2.25. The van der Waals surface area contributed by atoms with Crippen LogP contribution in [0.4, 0.5) is 4.79 Å². The topological polar surface area (TPSA) is 164 Å². The lowest BCUT2D eigenvalue weighted by Crippen LogP contribution is -2.43. The Morgan fingerprint density at radius 1 is 0.446 bits per heavy atom. The molecular formula is C52H95NO12. The summed E-state index contributed by atoms with van der Waals surface area (Å²) in [6, 6.07) is 0.390. The van der Waals surface area contributed by atoms with E-state index in [2.05, 4.69) is 25.7 Å². The molecule has 0 amide bonds. The zero-order chi connectivity index (χ0) is 47.4. The van der Waals surface area contributed by atoms with Crippen molar-refractivity contribution in [3.8, 4) is 0 Å². The SMILES string of the molecule is CCCCCCCCCCCCCCCC(=O)OCC(COC(=O)CCCC(COC(=O)CCCCCCC)COC(=O)CCCCCCC)COC(=O)OCCN(CCO)C1CCC1. The first-order valence-corrected chi connectivity index (χ1v) is 26.5. The van der Waals surface area contributed by atoms with Crippen LogP contribution in [0.15, 0.2) is 0 Å². The molecule has 1 atom stereocenters. The lowest BCUT2D eigenvalue weighted by molar-refractivity contribution is -0.152. The number of carbonyl (C=O) groups is 5. The number of hydrogen-bond acceptors (Lipinski definition) is 13. The summed E-state index contributed by atoms with van der Waals surface area (Å²) in [4.78, 5) is 65.3. The molecule has 1 aliphatic rings. The highest BCUT2D eigenvalue weighted by Crippen LogP contribution is 2.24. The van der Waals surface area contributed by atoms with Gasteiger partial charge in [-0.3, -0.25) is 24.1 Å². The predicted molar refractivity (Wildman–Crippen MR) is 255 cm³/mol. The Kier molecular flexibility index (Phi) is 40.3. The number of aliphatic hydroxyl groups excluding tert-OH is 1. The molecule has 0 heterocycles. The van der Waals surface area contributed by atoms with Crippen molar-refractivity contribution in [1.82, 2.24) is 4.90 Å². The van der Waals surface area contributed by atoms with Gasteiger partial charge < -0.3 is 33.5 Å². The van der Waals surface area contributed by atoms with Crippen LogP contribution in [0, 0.1) is 11.8 Å². The van der Waals surface area contributed by atoms with E-state index in [1.165, 1.54) is 64.2 Å². The third kappa shape index (κ3) is 36.8. The molecule has 1 N–H and O–H groups in total. The largest absolute Gasteiger partial charge is 0.508 e. The van der Waals surface area contributed by atoms with Gasteiger partial charge in [0, 0.05) is 50.7 Å². The van der Waals surface area contributed by atoms with Crippen molar-refractivity contribution in [2.24, 2.45) is 11.8 Å². The zero-order valence-electron chi connectivity index (χ0n) is 41.6. The third-order valence-electron chi connectivity index (χ3n) is 12.4. The molecule has 0 bridgehead atoms. The van der Waals surface area contributed by atoms with Gasteiger partial charge >= 0.3 is 30.0 Å². The molecular weight excluding hydrogens is 831 g/mol. The van der Waals surface area contributed by atoms with Crippen molar-refractivity contribution in [3.05, 3.63) is 0 Å². The second-order valence-electron chi connectivity index (χ2n) is 18.4. The average molecular weight is 926 g/mol. The molecule has 380 valence electrons. The molecule has 1 rings (SSSR count). The number of ether oxygens (including phenoxy) is 6. The number of rotatable bonds is 46. The number of esters is 4. The first-order valence-electron chi connectivity index (χ1n) is 26.5. The normalized spacial score (nSPS) is 13.1. The Hall–Kier alpha value is -2.93. The van der Waals surface area contributed by atoms with Crippen LogP contribution in [0.5, 0.6) is 0 Å². The maximum absolute atomic E-state index is 13.0. The summed E-state index contributed by atoms with van der Waals surface area (Å²) in [5, 5.41) is 9.44. The number of nitrogens with zero attached hydrogens (tertiary/aromatic N) is 1. The van der Waals surface area contributed by atoms with Gasteiger partial charge in [-0.1, -0.05) is 156 Å². The number of hydrogen-bond donors (Lipinski definition) is 1. The highest BCUT2D eigenvalue weighted by atomic mass is 16.7. The van der Waals surface area contributed by atoms with Crippen LogP contribution >= 0.6 is 0 Å². The van der Waals surface area contributed by atoms with Crippen LogP contribution in [-0.4, -0.2) is 105 Å². The Morgan fingerprint density at radius 3 is 1.17 bits per heavy atom. The van der Waals surface area contributed by atoms with Crippen LogP contribution in [0.1, 0.15) is 226 Å². The summed E-state index contributed by atoms with van der Waals surface area (Å²) < 4.78 is 33.0. The van der Waals surface area contributed by atoms with Crippen molar-refractivity contribution >= 4 is 30.0 Å². The second-order valence-corrected chi connectivity index (χ2v) is 18.4. The number of carbonyl (C=O) groups excluding carboxylic acids is 5. The minimum absolute atomic E-state index is 0.0312. The van der Waals surface area contributed by atoms with E-state index in [1.54, 1.807) is 0 Å². The molecule has 1 saturated carbocycles. The van der Waals surface area contributed by atoms with Gasteiger partial charge in [0.25, 0.3) is 0 Å². The lowest BCUT2D eigenvalue weighted by Gasteiger charge is -2.36. The molecule has 65 heavy (non-hydrogen) atoms. The molecule has 0 aromatic rings. The second kappa shape index (κ2) is 43.6. The van der Waals surface area contributed by atoms with Crippen LogP contribution in [0.3, 0.4) is 0 Å². The van der Waals surface area contributed by atoms with E-state index in [9.17, 15) is 29.1 Å². The van der Waals surface area contributed by atoms with Gasteiger partial charge in [0.05, 0.1) is 25.7 Å². The fourth-order valence-corrected chi connectivity index (χ4v) is 7.89. The van der Waals surface area contributed by atoms with E-state index in [4.69, 9.17) is 28.4 Å². The quantitative estimate of drug-likeness (QED) is 0.0349. The van der Waals surface area contributed by atoms with Crippen molar-refractivity contribution in [2.75, 3.05) is 59.3 Å². The Balaban J connectivity index is 2.62. The van der Waals surface area contributed by atoms with Gasteiger partial charge in [-0.15, -0.1) is 0 Å². The van der Waals surface area contributed by atoms with Crippen LogP contribution < -0.4 is 0 Å². The molecule has 0 radical (unpaired) electrons. The van der Waals surface area contributed by atoms with Crippen LogP contribution in [0.2, 0.25) is 0 Å². The molecule has 0 aliphatic heterocycles. The van der Waals surface area contributed by atoms with E-state index in [0.29, 0.717) is 51.2 Å². The molecule has 0 spiro atoms. The average Bonchev–Trinajstić information content (AvgIpc) is 3.27. The molecule has 13 heteroatoms. The van der Waals surface area contributed by atoms with Crippen LogP contribution in [-0.2, 0) is 47.6 Å². The van der Waals surface area contributed by atoms with Crippen molar-refractivity contribution in [1.29, 1.82) is 0 Å². The van der Waals surface area contributed by atoms with Gasteiger partial charge in [-0.05, 0) is 44.9 Å². The minimum atomic E-state index is -0.863. The predicted octanol–water partition coefficient (Wildman–Crippen LogP) is 11.8. The van der Waals surface area contributed by atoms with E-state index >= 15 is 0 Å². The third-order valence-corrected chi connectivity index (χ3v) is 12.4. The van der Waals surface area contributed by atoms with Crippen LogP contribution in [0.25, 0.3) is 0 Å². The molecule has 1 aliphatic carbocycles. The van der Waals surface area contributed by atoms with Gasteiger partial charge in [0.2, 0.25) is 0 Å². The maximum Gasteiger partial charge on any atom is 0.508 e. The summed E-state index contributed by atoms with van der Waals surface area (Å²) in [6.07, 6.45) is 30.4. The number of unbranched alkanes of at least 4 members (excludes halogenated alkanes) is 20. The van der Waals surface area contributed by atoms with Gasteiger partial charge in [0.1, 0.15) is 26.4 Å². The molecule has 1 fully saturated rings. The zero-order valence-corrected chi connectivity index (χ0v) is 41.6. The van der Waals surface area contributed by atoms with E-state index in [-0.39, 0.29) is 76.5 Å². The summed E-state index contributed by atoms with van der Waals surface area (Å²) in [5.41, 5.74) is 0. The number of aliphatic hydroxyl groups is 1. The lowest BCUT2D eigenvalue weighted by atomic mass is 9.91. The standard InChI is InChI=1S/C52H95NO12/c1-4-7-10-13-14-15-16-17-18-19-20-23-26-34-50(57)63-42-46(44-65-52(59)60-39-37-53(36-38-54)47-30-28-31-47)43-64-51(58)35-27-29-45(40-61-48(55)32-24-21-11-8-5-2)41-62-49(56)33-25-22-12-9-6-3/h45-47,54H,4-44H2,1-3H3. The highest BCUT2D eigenvalue weighted by molar-refractivity contribution is 5.70. The van der Waals surface area contributed by atoms with E-state index < -0.39 is 18.0 Å². The fraction of sp³-hybridized carbons (Fsp3) is 0.904. The Bertz CT molecular complexity index is 1150. The van der Waals surface area contributed by atoms with E-state index in [0.717, 1.165) is 103 Å². The van der Waals surface area contributed by atoms with Gasteiger partial charge in [0.15, 0.2) is 0 Å². The van der Waals surface area contributed by atoms with E-state index in [1.807, 2.05) is 0 Å². The molecule has 0 saturated heterocycles. The summed E-state index contributed by atoms with van der Waals surface area (Å²) in [7, 11) is 0. The summed E-state index contributed by atoms with van der Waals surface area (Å²) >= 11 is 0. The van der Waals surface area contributed by atoms with Gasteiger partial charge in [-0.2, -0.15) is 0 Å². The summed E-state index contributed by atoms with van der Waals surface area (Å²) in [6.45, 7) is 7.52. The summed E-state index contributed by atoms with van der Waals surface area (Å²) in [5.74, 6) is -2.21.